The molecule has 6 nitrogen and oxygen atoms in total. The summed E-state index contributed by atoms with van der Waals surface area (Å²) in [6.07, 6.45) is -0.621. The molecular weight excluding hydrogens is 290 g/mol. The molecule has 0 radical (unpaired) electrons. The van der Waals surface area contributed by atoms with Gasteiger partial charge in [0.1, 0.15) is 0 Å². The number of aromatic carboxylic acids is 1. The molecule has 0 aliphatic heterocycles. The van der Waals surface area contributed by atoms with Gasteiger partial charge in [-0.1, -0.05) is 6.92 Å². The Morgan fingerprint density at radius 3 is 2.37 bits per heavy atom. The van der Waals surface area contributed by atoms with Crippen molar-refractivity contribution in [1.29, 1.82) is 0 Å². The van der Waals surface area contributed by atoms with E-state index in [-0.39, 0.29) is 15.7 Å². The number of rotatable bonds is 5. The number of carbonyl (C=O) groups is 1. The number of hydrogen-bond acceptors (Lipinski definition) is 5. The predicted molar refractivity (Wildman–Crippen MR) is 71.8 cm³/mol. The average molecular weight is 305 g/mol. The molecule has 4 N–H and O–H groups in total. The number of primary sulfonamides is 1. The SMILES string of the molecule is CC(O)C(C)Sc1ccc(S(N)(=O)=O)cc1C(=O)O. The summed E-state index contributed by atoms with van der Waals surface area (Å²) < 4.78 is 22.4. The maximum atomic E-state index is 11.2. The molecule has 0 fully saturated rings. The van der Waals surface area contributed by atoms with Gasteiger partial charge in [0.05, 0.1) is 16.6 Å². The van der Waals surface area contributed by atoms with Gasteiger partial charge >= 0.3 is 5.97 Å². The Labute approximate surface area is 115 Å². The highest BCUT2D eigenvalue weighted by Crippen LogP contribution is 2.30. The monoisotopic (exact) mass is 305 g/mol. The summed E-state index contributed by atoms with van der Waals surface area (Å²) in [5.41, 5.74) is -0.149. The van der Waals surface area contributed by atoms with Crippen LogP contribution in [0.2, 0.25) is 0 Å². The predicted octanol–water partition coefficient (Wildman–Crippen LogP) is 0.894. The quantitative estimate of drug-likeness (QED) is 0.695. The van der Waals surface area contributed by atoms with Crippen LogP contribution in [-0.4, -0.2) is 36.0 Å². The zero-order valence-corrected chi connectivity index (χ0v) is 12.0. The minimum absolute atomic E-state index is 0.149. The molecule has 1 rings (SSSR count). The van der Waals surface area contributed by atoms with Gasteiger partial charge in [0, 0.05) is 10.1 Å². The molecule has 106 valence electrons. The second-order valence-electron chi connectivity index (χ2n) is 4.07. The van der Waals surface area contributed by atoms with Crippen LogP contribution in [0.3, 0.4) is 0 Å². The molecule has 2 atom stereocenters. The zero-order chi connectivity index (χ0) is 14.8. The lowest BCUT2D eigenvalue weighted by atomic mass is 10.2. The topological polar surface area (TPSA) is 118 Å². The fourth-order valence-corrected chi connectivity index (χ4v) is 2.81. The van der Waals surface area contributed by atoms with Crippen LogP contribution in [0.25, 0.3) is 0 Å². The van der Waals surface area contributed by atoms with Crippen LogP contribution in [0.15, 0.2) is 28.0 Å². The Balaban J connectivity index is 3.24. The van der Waals surface area contributed by atoms with Crippen molar-refractivity contribution in [2.24, 2.45) is 5.14 Å². The van der Waals surface area contributed by atoms with Gasteiger partial charge in [-0.15, -0.1) is 11.8 Å². The molecule has 0 bridgehead atoms. The zero-order valence-electron chi connectivity index (χ0n) is 10.4. The van der Waals surface area contributed by atoms with E-state index in [1.165, 1.54) is 12.1 Å². The highest BCUT2D eigenvalue weighted by atomic mass is 32.2. The lowest BCUT2D eigenvalue weighted by molar-refractivity contribution is 0.0692. The van der Waals surface area contributed by atoms with E-state index < -0.39 is 22.1 Å². The number of carboxylic acids is 1. The molecule has 0 aliphatic carbocycles. The van der Waals surface area contributed by atoms with E-state index in [0.29, 0.717) is 4.90 Å². The van der Waals surface area contributed by atoms with Crippen molar-refractivity contribution in [2.75, 3.05) is 0 Å². The van der Waals surface area contributed by atoms with Gasteiger partial charge in [0.2, 0.25) is 10.0 Å². The molecule has 0 saturated heterocycles. The summed E-state index contributed by atoms with van der Waals surface area (Å²) in [4.78, 5) is 11.3. The standard InChI is InChI=1S/C11H15NO5S2/c1-6(13)7(2)18-10-4-3-8(19(12,16)17)5-9(10)11(14)15/h3-7,13H,1-2H3,(H,14,15)(H2,12,16,17). The molecule has 2 unspecified atom stereocenters. The Morgan fingerprint density at radius 2 is 1.95 bits per heavy atom. The lowest BCUT2D eigenvalue weighted by Crippen LogP contribution is -2.16. The fraction of sp³-hybridized carbons (Fsp3) is 0.364. The number of hydrogen-bond donors (Lipinski definition) is 3. The molecule has 0 aliphatic rings. The number of thioether (sulfide) groups is 1. The highest BCUT2D eigenvalue weighted by Gasteiger charge is 2.19. The fourth-order valence-electron chi connectivity index (χ4n) is 1.25. The Bertz CT molecular complexity index is 583. The summed E-state index contributed by atoms with van der Waals surface area (Å²) >= 11 is 1.16. The Hall–Kier alpha value is -1.09. The molecule has 0 aromatic heterocycles. The maximum absolute atomic E-state index is 11.2. The second-order valence-corrected chi connectivity index (χ2v) is 7.05. The first kappa shape index (κ1) is 16.0. The third kappa shape index (κ3) is 4.20. The van der Waals surface area contributed by atoms with Gasteiger partial charge in [0.25, 0.3) is 0 Å². The van der Waals surface area contributed by atoms with Crippen LogP contribution in [0.5, 0.6) is 0 Å². The Kier molecular flexibility index (Phi) is 4.97. The van der Waals surface area contributed by atoms with E-state index in [1.54, 1.807) is 13.8 Å². The van der Waals surface area contributed by atoms with E-state index in [0.717, 1.165) is 17.8 Å². The molecule has 1 aromatic rings. The number of sulfonamides is 1. The summed E-state index contributed by atoms with van der Waals surface area (Å²) in [6.45, 7) is 3.34. The molecule has 0 spiro atoms. The van der Waals surface area contributed by atoms with Gasteiger partial charge < -0.3 is 10.2 Å². The molecule has 19 heavy (non-hydrogen) atoms. The van der Waals surface area contributed by atoms with E-state index in [4.69, 9.17) is 10.2 Å². The van der Waals surface area contributed by atoms with Gasteiger partial charge in [-0.3, -0.25) is 0 Å². The number of aliphatic hydroxyl groups is 1. The van der Waals surface area contributed by atoms with Gasteiger partial charge in [-0.25, -0.2) is 18.4 Å². The van der Waals surface area contributed by atoms with Crippen LogP contribution in [0.1, 0.15) is 24.2 Å². The highest BCUT2D eigenvalue weighted by molar-refractivity contribution is 8.00. The molecule has 0 saturated carbocycles. The van der Waals surface area contributed by atoms with Crippen LogP contribution >= 0.6 is 11.8 Å². The number of aliphatic hydroxyl groups excluding tert-OH is 1. The third-order valence-electron chi connectivity index (χ3n) is 2.50. The van der Waals surface area contributed by atoms with E-state index in [1.807, 2.05) is 0 Å². The second kappa shape index (κ2) is 5.91. The summed E-state index contributed by atoms with van der Waals surface area (Å²) in [5, 5.41) is 23.2. The van der Waals surface area contributed by atoms with Crippen molar-refractivity contribution in [1.82, 2.24) is 0 Å². The molecule has 0 amide bonds. The van der Waals surface area contributed by atoms with E-state index in [2.05, 4.69) is 0 Å². The van der Waals surface area contributed by atoms with Gasteiger partial charge in [-0.05, 0) is 25.1 Å². The molecule has 1 aromatic carbocycles. The van der Waals surface area contributed by atoms with Crippen LogP contribution in [-0.2, 0) is 10.0 Å². The van der Waals surface area contributed by atoms with Crippen molar-refractivity contribution in [3.63, 3.8) is 0 Å². The first-order valence-electron chi connectivity index (χ1n) is 5.37. The summed E-state index contributed by atoms with van der Waals surface area (Å²) in [6, 6.07) is 3.65. The van der Waals surface area contributed by atoms with Crippen molar-refractivity contribution < 1.29 is 23.4 Å². The lowest BCUT2D eigenvalue weighted by Gasteiger charge is -2.15. The smallest absolute Gasteiger partial charge is 0.336 e. The van der Waals surface area contributed by atoms with Crippen molar-refractivity contribution in [3.8, 4) is 0 Å². The number of nitrogens with two attached hydrogens (primary N) is 1. The Morgan fingerprint density at radius 1 is 1.37 bits per heavy atom. The first-order valence-corrected chi connectivity index (χ1v) is 7.80. The van der Waals surface area contributed by atoms with Crippen molar-refractivity contribution in [2.45, 2.75) is 35.0 Å². The largest absolute Gasteiger partial charge is 0.478 e. The number of benzene rings is 1. The summed E-state index contributed by atoms with van der Waals surface area (Å²) in [7, 11) is -3.94. The van der Waals surface area contributed by atoms with Crippen LogP contribution in [0, 0.1) is 0 Å². The minimum atomic E-state index is -3.94. The maximum Gasteiger partial charge on any atom is 0.336 e. The van der Waals surface area contributed by atoms with E-state index >= 15 is 0 Å². The minimum Gasteiger partial charge on any atom is -0.478 e. The molecule has 0 heterocycles. The summed E-state index contributed by atoms with van der Waals surface area (Å²) in [5.74, 6) is -1.24. The number of carboxylic acid groups (broad SMARTS) is 1. The molecule has 8 heteroatoms. The third-order valence-corrected chi connectivity index (χ3v) is 4.79. The van der Waals surface area contributed by atoms with Crippen LogP contribution < -0.4 is 5.14 Å². The average Bonchev–Trinajstić information content (AvgIpc) is 2.27. The first-order chi connectivity index (χ1) is 8.62. The van der Waals surface area contributed by atoms with Crippen molar-refractivity contribution >= 4 is 27.8 Å². The van der Waals surface area contributed by atoms with Gasteiger partial charge in [-0.2, -0.15) is 0 Å². The normalized spacial score (nSPS) is 14.9. The van der Waals surface area contributed by atoms with Gasteiger partial charge in [0.15, 0.2) is 0 Å². The molecular formula is C11H15NO5S2. The van der Waals surface area contributed by atoms with E-state index in [9.17, 15) is 18.3 Å². The van der Waals surface area contributed by atoms with Crippen molar-refractivity contribution in [3.05, 3.63) is 23.8 Å². The van der Waals surface area contributed by atoms with Crippen LogP contribution in [0.4, 0.5) is 0 Å².